The Morgan fingerprint density at radius 3 is 2.00 bits per heavy atom. The molecule has 3 rings (SSSR count). The van der Waals surface area contributed by atoms with Gasteiger partial charge in [0.05, 0.1) is 16.3 Å². The molecule has 0 N–H and O–H groups in total. The van der Waals surface area contributed by atoms with E-state index in [4.69, 9.17) is 0 Å². The minimum atomic E-state index is -3.73. The highest BCUT2D eigenvalue weighted by Crippen LogP contribution is 2.34. The lowest BCUT2D eigenvalue weighted by molar-refractivity contribution is 0.596. The minimum absolute atomic E-state index is 0.248. The summed E-state index contributed by atoms with van der Waals surface area (Å²) in [5, 5.41) is 0. The van der Waals surface area contributed by atoms with E-state index in [1.54, 1.807) is 36.4 Å². The van der Waals surface area contributed by atoms with Crippen LogP contribution in [0.1, 0.15) is 5.56 Å². The number of hydrogen-bond donors (Lipinski definition) is 0. The molecule has 24 heavy (non-hydrogen) atoms. The Morgan fingerprint density at radius 2 is 1.38 bits per heavy atom. The number of halogens is 1. The van der Waals surface area contributed by atoms with Gasteiger partial charge in [-0.05, 0) is 55.0 Å². The van der Waals surface area contributed by atoms with E-state index in [-0.39, 0.29) is 4.90 Å². The highest BCUT2D eigenvalue weighted by atomic mass is 79.9. The van der Waals surface area contributed by atoms with Crippen molar-refractivity contribution in [3.05, 3.63) is 88.9 Å². The highest BCUT2D eigenvalue weighted by Gasteiger charge is 2.27. The lowest BCUT2D eigenvalue weighted by Crippen LogP contribution is -2.26. The molecule has 122 valence electrons. The maximum atomic E-state index is 13.3. The van der Waals surface area contributed by atoms with E-state index in [9.17, 15) is 8.42 Å². The summed E-state index contributed by atoms with van der Waals surface area (Å²) >= 11 is 3.34. The number of sulfonamides is 1. The summed E-state index contributed by atoms with van der Waals surface area (Å²) in [5.41, 5.74) is 2.14. The molecule has 0 atom stereocenters. The highest BCUT2D eigenvalue weighted by molar-refractivity contribution is 9.10. The zero-order chi connectivity index (χ0) is 17.2. The van der Waals surface area contributed by atoms with Crippen LogP contribution >= 0.6 is 15.9 Å². The molecule has 0 bridgehead atoms. The molecule has 0 amide bonds. The molecule has 0 unspecified atom stereocenters. The van der Waals surface area contributed by atoms with Crippen molar-refractivity contribution in [3.63, 3.8) is 0 Å². The van der Waals surface area contributed by atoms with Crippen molar-refractivity contribution in [2.24, 2.45) is 0 Å². The van der Waals surface area contributed by atoms with Gasteiger partial charge >= 0.3 is 0 Å². The van der Waals surface area contributed by atoms with E-state index in [1.165, 1.54) is 4.31 Å². The summed E-state index contributed by atoms with van der Waals surface area (Å²) in [6.07, 6.45) is 0. The largest absolute Gasteiger partial charge is 0.268 e. The van der Waals surface area contributed by atoms with Crippen LogP contribution in [-0.4, -0.2) is 8.42 Å². The van der Waals surface area contributed by atoms with Gasteiger partial charge < -0.3 is 0 Å². The van der Waals surface area contributed by atoms with Crippen LogP contribution in [-0.2, 0) is 10.0 Å². The molecule has 0 aliphatic rings. The Morgan fingerprint density at radius 1 is 0.792 bits per heavy atom. The minimum Gasteiger partial charge on any atom is -0.234 e. The molecule has 0 saturated heterocycles. The average Bonchev–Trinajstić information content (AvgIpc) is 2.58. The van der Waals surface area contributed by atoms with E-state index in [0.29, 0.717) is 11.4 Å². The van der Waals surface area contributed by atoms with Crippen LogP contribution in [0.15, 0.2) is 88.2 Å². The topological polar surface area (TPSA) is 37.4 Å². The van der Waals surface area contributed by atoms with Gasteiger partial charge in [-0.1, -0.05) is 52.3 Å². The lowest BCUT2D eigenvalue weighted by atomic mass is 10.2. The summed E-state index contributed by atoms with van der Waals surface area (Å²) in [4.78, 5) is 0.248. The van der Waals surface area contributed by atoms with Crippen LogP contribution in [0.3, 0.4) is 0 Å². The molecular formula is C19H16BrNO2S. The monoisotopic (exact) mass is 401 g/mol. The van der Waals surface area contributed by atoms with Gasteiger partial charge in [0.1, 0.15) is 0 Å². The number of hydrogen-bond acceptors (Lipinski definition) is 2. The zero-order valence-electron chi connectivity index (χ0n) is 13.1. The van der Waals surface area contributed by atoms with Crippen LogP contribution < -0.4 is 4.31 Å². The van der Waals surface area contributed by atoms with Crippen LogP contribution in [0.25, 0.3) is 0 Å². The normalized spacial score (nSPS) is 11.2. The van der Waals surface area contributed by atoms with E-state index in [1.807, 2.05) is 49.4 Å². The summed E-state index contributed by atoms with van der Waals surface area (Å²) in [6.45, 7) is 1.91. The zero-order valence-corrected chi connectivity index (χ0v) is 15.5. The number of rotatable bonds is 4. The maximum Gasteiger partial charge on any atom is 0.268 e. The Hall–Kier alpha value is -2.11. The van der Waals surface area contributed by atoms with Gasteiger partial charge in [0.25, 0.3) is 10.0 Å². The number of nitrogens with zero attached hydrogens (tertiary/aromatic N) is 1. The van der Waals surface area contributed by atoms with Gasteiger partial charge in [0.15, 0.2) is 0 Å². The molecule has 0 aromatic heterocycles. The van der Waals surface area contributed by atoms with Gasteiger partial charge in [0.2, 0.25) is 0 Å². The predicted molar refractivity (Wildman–Crippen MR) is 101 cm³/mol. The molecule has 0 aliphatic heterocycles. The molecule has 3 aromatic rings. The summed E-state index contributed by atoms with van der Waals surface area (Å²) in [6, 6.07) is 23.3. The van der Waals surface area contributed by atoms with Gasteiger partial charge in [-0.2, -0.15) is 0 Å². The summed E-state index contributed by atoms with van der Waals surface area (Å²) in [7, 11) is -3.73. The molecule has 0 spiro atoms. The van der Waals surface area contributed by atoms with Crippen LogP contribution in [0.2, 0.25) is 0 Å². The van der Waals surface area contributed by atoms with Gasteiger partial charge in [0, 0.05) is 4.47 Å². The Kier molecular flexibility index (Phi) is 4.73. The second-order valence-corrected chi connectivity index (χ2v) is 8.05. The third-order valence-electron chi connectivity index (χ3n) is 3.68. The van der Waals surface area contributed by atoms with Gasteiger partial charge in [-0.3, -0.25) is 0 Å². The SMILES string of the molecule is Cc1ccccc1N(c1ccccc1)S(=O)(=O)c1ccc(Br)cc1. The maximum absolute atomic E-state index is 13.3. The first-order valence-corrected chi connectivity index (χ1v) is 9.65. The third kappa shape index (κ3) is 3.23. The number of anilines is 2. The van der Waals surface area contributed by atoms with Gasteiger partial charge in [-0.15, -0.1) is 0 Å². The van der Waals surface area contributed by atoms with Crippen molar-refractivity contribution in [1.29, 1.82) is 0 Å². The first kappa shape index (κ1) is 16.7. The summed E-state index contributed by atoms with van der Waals surface area (Å²) in [5.74, 6) is 0. The van der Waals surface area contributed by atoms with E-state index in [0.717, 1.165) is 10.0 Å². The molecule has 0 fully saturated rings. The van der Waals surface area contributed by atoms with E-state index >= 15 is 0 Å². The standard InChI is InChI=1S/C19H16BrNO2S/c1-15-7-5-6-10-19(15)21(17-8-3-2-4-9-17)24(22,23)18-13-11-16(20)12-14-18/h2-14H,1H3. The Balaban J connectivity index is 2.22. The Bertz CT molecular complexity index is 939. The Labute approximate surface area is 150 Å². The van der Waals surface area contributed by atoms with Crippen molar-refractivity contribution in [3.8, 4) is 0 Å². The average molecular weight is 402 g/mol. The third-order valence-corrected chi connectivity index (χ3v) is 5.96. The molecule has 0 heterocycles. The number of aryl methyl sites for hydroxylation is 1. The second-order valence-electron chi connectivity index (χ2n) is 5.35. The van der Waals surface area contributed by atoms with Crippen molar-refractivity contribution in [2.45, 2.75) is 11.8 Å². The molecule has 5 heteroatoms. The first-order chi connectivity index (χ1) is 11.5. The molecule has 0 saturated carbocycles. The van der Waals surface area contributed by atoms with Crippen LogP contribution in [0.4, 0.5) is 11.4 Å². The van der Waals surface area contributed by atoms with E-state index < -0.39 is 10.0 Å². The van der Waals surface area contributed by atoms with Crippen LogP contribution in [0, 0.1) is 6.92 Å². The van der Waals surface area contributed by atoms with Gasteiger partial charge in [-0.25, -0.2) is 12.7 Å². The molecule has 3 nitrogen and oxygen atoms in total. The number of benzene rings is 3. The van der Waals surface area contributed by atoms with Crippen molar-refractivity contribution in [1.82, 2.24) is 0 Å². The molecule has 3 aromatic carbocycles. The fourth-order valence-electron chi connectivity index (χ4n) is 2.47. The quantitative estimate of drug-likeness (QED) is 0.595. The molecule has 0 radical (unpaired) electrons. The lowest BCUT2D eigenvalue weighted by Gasteiger charge is -2.26. The van der Waals surface area contributed by atoms with Crippen LogP contribution in [0.5, 0.6) is 0 Å². The fraction of sp³-hybridized carbons (Fsp3) is 0.0526. The molecule has 0 aliphatic carbocycles. The first-order valence-electron chi connectivity index (χ1n) is 7.42. The van der Waals surface area contributed by atoms with Crippen molar-refractivity contribution in [2.75, 3.05) is 4.31 Å². The second kappa shape index (κ2) is 6.79. The molecular weight excluding hydrogens is 386 g/mol. The van der Waals surface area contributed by atoms with Crippen molar-refractivity contribution < 1.29 is 8.42 Å². The summed E-state index contributed by atoms with van der Waals surface area (Å²) < 4.78 is 28.8. The fourth-order valence-corrected chi connectivity index (χ4v) is 4.29. The van der Waals surface area contributed by atoms with Crippen molar-refractivity contribution >= 4 is 37.3 Å². The van der Waals surface area contributed by atoms with E-state index in [2.05, 4.69) is 15.9 Å². The predicted octanol–water partition coefficient (Wildman–Crippen LogP) is 5.28. The smallest absolute Gasteiger partial charge is 0.234 e. The number of para-hydroxylation sites is 2.